The summed E-state index contributed by atoms with van der Waals surface area (Å²) in [5, 5.41) is 3.27. The van der Waals surface area contributed by atoms with Gasteiger partial charge in [0.25, 0.3) is 0 Å². The third-order valence-corrected chi connectivity index (χ3v) is 3.45. The first kappa shape index (κ1) is 12.2. The van der Waals surface area contributed by atoms with Crippen LogP contribution in [0.4, 0.5) is 11.5 Å². The summed E-state index contributed by atoms with van der Waals surface area (Å²) in [7, 11) is 0. The van der Waals surface area contributed by atoms with Gasteiger partial charge in [-0.05, 0) is 31.7 Å². The summed E-state index contributed by atoms with van der Waals surface area (Å²) in [4.78, 5) is 6.81. The van der Waals surface area contributed by atoms with Crippen LogP contribution in [0, 0.1) is 5.92 Å². The van der Waals surface area contributed by atoms with Crippen LogP contribution in [0.15, 0.2) is 18.3 Å². The highest BCUT2D eigenvalue weighted by molar-refractivity contribution is 5.54. The fraction of sp³-hybridized carbons (Fsp3) is 0.643. The SMILES string of the molecule is CCCC1CCN(c2ccnc(NCC)c2)C1. The molecule has 1 N–H and O–H groups in total. The zero-order chi connectivity index (χ0) is 12.1. The number of hydrogen-bond donors (Lipinski definition) is 1. The van der Waals surface area contributed by atoms with E-state index in [1.165, 1.54) is 38.0 Å². The lowest BCUT2D eigenvalue weighted by Gasteiger charge is -2.19. The molecule has 1 aliphatic heterocycles. The number of rotatable bonds is 5. The minimum Gasteiger partial charge on any atom is -0.371 e. The number of nitrogens with one attached hydrogen (secondary N) is 1. The van der Waals surface area contributed by atoms with Crippen LogP contribution in [0.2, 0.25) is 0 Å². The molecular weight excluding hydrogens is 210 g/mol. The van der Waals surface area contributed by atoms with Crippen molar-refractivity contribution in [2.75, 3.05) is 29.9 Å². The van der Waals surface area contributed by atoms with Crippen LogP contribution in [-0.4, -0.2) is 24.6 Å². The van der Waals surface area contributed by atoms with Gasteiger partial charge in [0, 0.05) is 37.6 Å². The Morgan fingerprint density at radius 2 is 2.35 bits per heavy atom. The van der Waals surface area contributed by atoms with E-state index < -0.39 is 0 Å². The van der Waals surface area contributed by atoms with Crippen molar-refractivity contribution >= 4 is 11.5 Å². The molecule has 2 heterocycles. The summed E-state index contributed by atoms with van der Waals surface area (Å²) >= 11 is 0. The van der Waals surface area contributed by atoms with Gasteiger partial charge in [0.1, 0.15) is 5.82 Å². The Morgan fingerprint density at radius 3 is 3.12 bits per heavy atom. The smallest absolute Gasteiger partial charge is 0.127 e. The van der Waals surface area contributed by atoms with Gasteiger partial charge in [-0.25, -0.2) is 4.98 Å². The van der Waals surface area contributed by atoms with E-state index in [0.717, 1.165) is 18.3 Å². The third kappa shape index (κ3) is 3.11. The molecule has 0 bridgehead atoms. The van der Waals surface area contributed by atoms with Crippen molar-refractivity contribution in [3.05, 3.63) is 18.3 Å². The van der Waals surface area contributed by atoms with E-state index in [2.05, 4.69) is 41.2 Å². The van der Waals surface area contributed by atoms with Crippen LogP contribution in [0.1, 0.15) is 33.1 Å². The van der Waals surface area contributed by atoms with Gasteiger partial charge in [0.2, 0.25) is 0 Å². The van der Waals surface area contributed by atoms with E-state index in [1.54, 1.807) is 0 Å². The maximum atomic E-state index is 4.32. The second kappa shape index (κ2) is 5.89. The van der Waals surface area contributed by atoms with Gasteiger partial charge in [0.15, 0.2) is 0 Å². The maximum Gasteiger partial charge on any atom is 0.127 e. The molecule has 1 aromatic rings. The van der Waals surface area contributed by atoms with Crippen LogP contribution >= 0.6 is 0 Å². The number of aromatic nitrogens is 1. The van der Waals surface area contributed by atoms with E-state index in [0.29, 0.717) is 0 Å². The topological polar surface area (TPSA) is 28.2 Å². The third-order valence-electron chi connectivity index (χ3n) is 3.45. The molecule has 3 nitrogen and oxygen atoms in total. The first-order chi connectivity index (χ1) is 8.33. The summed E-state index contributed by atoms with van der Waals surface area (Å²) < 4.78 is 0. The lowest BCUT2D eigenvalue weighted by Crippen LogP contribution is -2.19. The molecule has 17 heavy (non-hydrogen) atoms. The van der Waals surface area contributed by atoms with Crippen molar-refractivity contribution in [3.8, 4) is 0 Å². The minimum atomic E-state index is 0.885. The van der Waals surface area contributed by atoms with Gasteiger partial charge in [-0.15, -0.1) is 0 Å². The van der Waals surface area contributed by atoms with Crippen molar-refractivity contribution in [1.82, 2.24) is 4.98 Å². The van der Waals surface area contributed by atoms with E-state index in [4.69, 9.17) is 0 Å². The molecule has 2 rings (SSSR count). The highest BCUT2D eigenvalue weighted by atomic mass is 15.2. The number of pyridine rings is 1. The second-order valence-electron chi connectivity index (χ2n) is 4.82. The Kier molecular flexibility index (Phi) is 4.24. The van der Waals surface area contributed by atoms with Crippen molar-refractivity contribution < 1.29 is 0 Å². The van der Waals surface area contributed by atoms with Gasteiger partial charge < -0.3 is 10.2 Å². The summed E-state index contributed by atoms with van der Waals surface area (Å²) in [6, 6.07) is 4.28. The molecule has 0 spiro atoms. The van der Waals surface area contributed by atoms with E-state index >= 15 is 0 Å². The Labute approximate surface area is 104 Å². The van der Waals surface area contributed by atoms with Gasteiger partial charge in [0.05, 0.1) is 0 Å². The summed E-state index contributed by atoms with van der Waals surface area (Å²) in [5.41, 5.74) is 1.31. The van der Waals surface area contributed by atoms with Crippen molar-refractivity contribution in [1.29, 1.82) is 0 Å². The highest BCUT2D eigenvalue weighted by Gasteiger charge is 2.21. The maximum absolute atomic E-state index is 4.32. The quantitative estimate of drug-likeness (QED) is 0.847. The van der Waals surface area contributed by atoms with Crippen LogP contribution < -0.4 is 10.2 Å². The summed E-state index contributed by atoms with van der Waals surface area (Å²) in [6.07, 6.45) is 5.91. The van der Waals surface area contributed by atoms with Crippen LogP contribution in [0.25, 0.3) is 0 Å². The Hall–Kier alpha value is -1.25. The van der Waals surface area contributed by atoms with Gasteiger partial charge >= 0.3 is 0 Å². The van der Waals surface area contributed by atoms with Crippen LogP contribution in [0.3, 0.4) is 0 Å². The molecule has 1 fully saturated rings. The molecule has 0 aliphatic carbocycles. The average molecular weight is 233 g/mol. The van der Waals surface area contributed by atoms with Crippen LogP contribution in [-0.2, 0) is 0 Å². The minimum absolute atomic E-state index is 0.885. The number of hydrogen-bond acceptors (Lipinski definition) is 3. The zero-order valence-corrected chi connectivity index (χ0v) is 10.9. The van der Waals surface area contributed by atoms with E-state index in [-0.39, 0.29) is 0 Å². The summed E-state index contributed by atoms with van der Waals surface area (Å²) in [6.45, 7) is 7.71. The van der Waals surface area contributed by atoms with Crippen molar-refractivity contribution in [3.63, 3.8) is 0 Å². The number of nitrogens with zero attached hydrogens (tertiary/aromatic N) is 2. The fourth-order valence-electron chi connectivity index (χ4n) is 2.60. The largest absolute Gasteiger partial charge is 0.371 e. The second-order valence-corrected chi connectivity index (χ2v) is 4.82. The molecule has 1 unspecified atom stereocenters. The average Bonchev–Trinajstić information content (AvgIpc) is 2.79. The normalized spacial score (nSPS) is 19.6. The van der Waals surface area contributed by atoms with E-state index in [1.807, 2.05) is 6.20 Å². The van der Waals surface area contributed by atoms with Gasteiger partial charge in [-0.2, -0.15) is 0 Å². The Morgan fingerprint density at radius 1 is 1.47 bits per heavy atom. The van der Waals surface area contributed by atoms with Crippen molar-refractivity contribution in [2.45, 2.75) is 33.1 Å². The molecule has 0 aromatic carbocycles. The monoisotopic (exact) mass is 233 g/mol. The Bertz CT molecular complexity index is 351. The lowest BCUT2D eigenvalue weighted by atomic mass is 10.0. The van der Waals surface area contributed by atoms with E-state index in [9.17, 15) is 0 Å². The molecule has 1 aromatic heterocycles. The van der Waals surface area contributed by atoms with Gasteiger partial charge in [-0.1, -0.05) is 13.3 Å². The lowest BCUT2D eigenvalue weighted by molar-refractivity contribution is 0.530. The molecule has 0 amide bonds. The molecule has 1 atom stereocenters. The first-order valence-corrected chi connectivity index (χ1v) is 6.78. The van der Waals surface area contributed by atoms with Crippen molar-refractivity contribution in [2.24, 2.45) is 5.92 Å². The molecule has 1 saturated heterocycles. The molecule has 1 aliphatic rings. The molecule has 3 heteroatoms. The first-order valence-electron chi connectivity index (χ1n) is 6.78. The standard InChI is InChI=1S/C14H23N3/c1-3-5-12-7-9-17(11-12)13-6-8-16-14(10-13)15-4-2/h6,8,10,12H,3-5,7,9,11H2,1-2H3,(H,15,16). The zero-order valence-electron chi connectivity index (χ0n) is 10.9. The molecule has 0 radical (unpaired) electrons. The predicted octanol–water partition coefficient (Wildman–Crippen LogP) is 3.14. The molecular formula is C14H23N3. The predicted molar refractivity (Wildman–Crippen MR) is 73.6 cm³/mol. The van der Waals surface area contributed by atoms with Crippen LogP contribution in [0.5, 0.6) is 0 Å². The fourth-order valence-corrected chi connectivity index (χ4v) is 2.60. The number of anilines is 2. The molecule has 0 saturated carbocycles. The van der Waals surface area contributed by atoms with Gasteiger partial charge in [-0.3, -0.25) is 0 Å². The highest BCUT2D eigenvalue weighted by Crippen LogP contribution is 2.27. The Balaban J connectivity index is 2.00. The molecule has 94 valence electrons. The summed E-state index contributed by atoms with van der Waals surface area (Å²) in [5.74, 6) is 1.87.